The van der Waals surface area contributed by atoms with Crippen molar-refractivity contribution in [1.82, 2.24) is 19.7 Å². The number of benzene rings is 2. The number of carbonyl (C=O) groups excluding carboxylic acids is 2. The number of carbonyl (C=O) groups is 2. The Kier molecular flexibility index (Phi) is 8.25. The third-order valence-corrected chi connectivity index (χ3v) is 8.96. The van der Waals surface area contributed by atoms with Gasteiger partial charge in [0.1, 0.15) is 5.82 Å². The number of aromatic nitrogens is 3. The van der Waals surface area contributed by atoms with Gasteiger partial charge in [0.15, 0.2) is 0 Å². The molecule has 0 radical (unpaired) electrons. The molecule has 0 saturated carbocycles. The number of anilines is 2. The van der Waals surface area contributed by atoms with Crippen LogP contribution in [0.2, 0.25) is 0 Å². The molecule has 0 aliphatic carbocycles. The first-order valence-corrected chi connectivity index (χ1v) is 15.7. The van der Waals surface area contributed by atoms with Gasteiger partial charge in [0.25, 0.3) is 0 Å². The first-order valence-electron chi connectivity index (χ1n) is 15.7. The molecule has 2 unspecified atom stereocenters. The summed E-state index contributed by atoms with van der Waals surface area (Å²) in [6, 6.07) is 22.4. The van der Waals surface area contributed by atoms with Crippen molar-refractivity contribution in [3.05, 3.63) is 102 Å². The highest BCUT2D eigenvalue weighted by atomic mass is 16.2. The maximum atomic E-state index is 13.1. The summed E-state index contributed by atoms with van der Waals surface area (Å²) in [4.78, 5) is 32.4. The van der Waals surface area contributed by atoms with Crippen molar-refractivity contribution in [1.29, 1.82) is 0 Å². The summed E-state index contributed by atoms with van der Waals surface area (Å²) in [5, 5.41) is 10.8. The fraction of sp³-hybridized carbons (Fsp3) is 0.389. The lowest BCUT2D eigenvalue weighted by atomic mass is 9.85. The number of nitrogens with zero attached hydrogens (tertiary/aromatic N) is 4. The lowest BCUT2D eigenvalue weighted by Gasteiger charge is -2.39. The number of nitrogens with one attached hydrogen (secondary N) is 2. The second-order valence-electron chi connectivity index (χ2n) is 13.4. The smallest absolute Gasteiger partial charge is 0.324 e. The Hall–Kier alpha value is -4.46. The van der Waals surface area contributed by atoms with E-state index in [0.29, 0.717) is 30.2 Å². The van der Waals surface area contributed by atoms with Gasteiger partial charge < -0.3 is 10.2 Å². The summed E-state index contributed by atoms with van der Waals surface area (Å²) < 4.78 is 1.79. The van der Waals surface area contributed by atoms with E-state index in [2.05, 4.69) is 53.4 Å². The first kappa shape index (κ1) is 29.6. The Bertz CT molecular complexity index is 1590. The van der Waals surface area contributed by atoms with Gasteiger partial charge in [-0.05, 0) is 92.5 Å². The number of rotatable bonds is 7. The van der Waals surface area contributed by atoms with E-state index in [1.807, 2.05) is 61.5 Å². The number of amides is 3. The molecule has 2 aromatic carbocycles. The van der Waals surface area contributed by atoms with Crippen LogP contribution < -0.4 is 10.6 Å². The van der Waals surface area contributed by atoms with Crippen molar-refractivity contribution in [2.24, 2.45) is 5.92 Å². The number of hydrogen-bond acceptors (Lipinski definition) is 4. The average Bonchev–Trinajstić information content (AvgIpc) is 3.53. The highest BCUT2D eigenvalue weighted by molar-refractivity contribution is 5.99. The Morgan fingerprint density at radius 1 is 0.864 bits per heavy atom. The van der Waals surface area contributed by atoms with Crippen molar-refractivity contribution in [3.63, 3.8) is 0 Å². The molecule has 2 saturated heterocycles. The van der Waals surface area contributed by atoms with Crippen molar-refractivity contribution >= 4 is 23.4 Å². The van der Waals surface area contributed by atoms with Gasteiger partial charge in [0, 0.05) is 41.6 Å². The summed E-state index contributed by atoms with van der Waals surface area (Å²) in [5.41, 5.74) is 5.81. The monoisotopic (exact) mass is 590 g/mol. The predicted molar refractivity (Wildman–Crippen MR) is 174 cm³/mol. The molecule has 0 spiro atoms. The third-order valence-electron chi connectivity index (χ3n) is 8.96. The van der Waals surface area contributed by atoms with Gasteiger partial charge in [0.05, 0.1) is 17.8 Å². The van der Waals surface area contributed by atoms with Gasteiger partial charge in [-0.15, -0.1) is 0 Å². The van der Waals surface area contributed by atoms with Gasteiger partial charge in [-0.3, -0.25) is 15.1 Å². The Balaban J connectivity index is 1.05. The molecule has 2 aliphatic heterocycles. The quantitative estimate of drug-likeness (QED) is 0.241. The van der Waals surface area contributed by atoms with Crippen LogP contribution in [0.4, 0.5) is 16.3 Å². The standard InChI is InChI=1S/C36H42N6O2/c1-24-5-11-29(12-6-24)42-33(23-32(40-42)36(2,3)4)39-35(44)38-28-9-7-25(8-10-28)19-27-20-30-13-14-31(21-27)41(30)34(43)22-26-15-17-37-18-16-26/h5-12,15-18,23,27,30-31H,13-14,19-22H2,1-4H3,(H2,38,39,44). The topological polar surface area (TPSA) is 92.2 Å². The molecular weight excluding hydrogens is 548 g/mol. The number of hydrogen-bond donors (Lipinski definition) is 2. The van der Waals surface area contributed by atoms with Crippen molar-refractivity contribution in [2.45, 2.75) is 83.7 Å². The summed E-state index contributed by atoms with van der Waals surface area (Å²) in [5.74, 6) is 1.42. The first-order chi connectivity index (χ1) is 21.1. The third kappa shape index (κ3) is 6.69. The predicted octanol–water partition coefficient (Wildman–Crippen LogP) is 7.07. The van der Waals surface area contributed by atoms with Crippen LogP contribution in [0.5, 0.6) is 0 Å². The second-order valence-corrected chi connectivity index (χ2v) is 13.4. The van der Waals surface area contributed by atoms with E-state index in [1.54, 1.807) is 17.1 Å². The summed E-state index contributed by atoms with van der Waals surface area (Å²) >= 11 is 0. The fourth-order valence-corrected chi connectivity index (χ4v) is 6.69. The molecule has 2 fully saturated rings. The molecule has 2 atom stereocenters. The molecule has 4 heterocycles. The molecule has 6 rings (SSSR count). The van der Waals surface area contributed by atoms with Crippen molar-refractivity contribution in [3.8, 4) is 5.69 Å². The minimum atomic E-state index is -0.313. The van der Waals surface area contributed by atoms with Gasteiger partial charge in [-0.25, -0.2) is 9.48 Å². The van der Waals surface area contributed by atoms with Crippen LogP contribution in [-0.2, 0) is 23.1 Å². The summed E-state index contributed by atoms with van der Waals surface area (Å²) in [6.45, 7) is 8.38. The SMILES string of the molecule is Cc1ccc(-n2nc(C(C)(C)C)cc2NC(=O)Nc2ccc(CC3CC4CCC(C3)N4C(=O)Cc3ccncc3)cc2)cc1. The zero-order valence-corrected chi connectivity index (χ0v) is 26.1. The molecule has 4 aromatic rings. The number of pyridine rings is 1. The van der Waals surface area contributed by atoms with E-state index in [-0.39, 0.29) is 17.4 Å². The zero-order valence-electron chi connectivity index (χ0n) is 26.1. The molecule has 2 N–H and O–H groups in total. The number of piperidine rings is 1. The molecule has 8 nitrogen and oxygen atoms in total. The molecule has 2 aromatic heterocycles. The lowest BCUT2D eigenvalue weighted by molar-refractivity contribution is -0.135. The van der Waals surface area contributed by atoms with Crippen LogP contribution >= 0.6 is 0 Å². The second kappa shape index (κ2) is 12.3. The normalized spacial score (nSPS) is 19.5. The van der Waals surface area contributed by atoms with E-state index >= 15 is 0 Å². The Morgan fingerprint density at radius 3 is 2.16 bits per heavy atom. The van der Waals surface area contributed by atoms with Gasteiger partial charge in [0.2, 0.25) is 5.91 Å². The molecule has 44 heavy (non-hydrogen) atoms. The van der Waals surface area contributed by atoms with E-state index in [0.717, 1.165) is 60.3 Å². The van der Waals surface area contributed by atoms with E-state index in [1.165, 1.54) is 5.56 Å². The Morgan fingerprint density at radius 2 is 1.52 bits per heavy atom. The van der Waals surface area contributed by atoms with Gasteiger partial charge in [-0.1, -0.05) is 50.6 Å². The van der Waals surface area contributed by atoms with Crippen LogP contribution in [-0.4, -0.2) is 43.7 Å². The average molecular weight is 591 g/mol. The van der Waals surface area contributed by atoms with Crippen molar-refractivity contribution in [2.75, 3.05) is 10.6 Å². The van der Waals surface area contributed by atoms with E-state index in [9.17, 15) is 9.59 Å². The van der Waals surface area contributed by atoms with Crippen LogP contribution in [0.15, 0.2) is 79.1 Å². The minimum absolute atomic E-state index is 0.162. The molecule has 8 heteroatoms. The molecule has 2 bridgehead atoms. The van der Waals surface area contributed by atoms with Crippen LogP contribution in [0.1, 0.15) is 68.8 Å². The number of urea groups is 1. The number of fused-ring (bicyclic) bond motifs is 2. The van der Waals surface area contributed by atoms with Gasteiger partial charge >= 0.3 is 6.03 Å². The molecular formula is C36H42N6O2. The fourth-order valence-electron chi connectivity index (χ4n) is 6.69. The Labute approximate surface area is 259 Å². The van der Waals surface area contributed by atoms with Crippen LogP contribution in [0.25, 0.3) is 5.69 Å². The molecule has 3 amide bonds. The zero-order chi connectivity index (χ0) is 30.8. The summed E-state index contributed by atoms with van der Waals surface area (Å²) in [6.07, 6.45) is 9.23. The molecule has 228 valence electrons. The van der Waals surface area contributed by atoms with E-state index in [4.69, 9.17) is 5.10 Å². The van der Waals surface area contributed by atoms with Gasteiger partial charge in [-0.2, -0.15) is 5.10 Å². The molecule has 2 aliphatic rings. The van der Waals surface area contributed by atoms with Crippen LogP contribution in [0.3, 0.4) is 0 Å². The maximum absolute atomic E-state index is 13.1. The summed E-state index contributed by atoms with van der Waals surface area (Å²) in [7, 11) is 0. The highest BCUT2D eigenvalue weighted by Crippen LogP contribution is 2.40. The van der Waals surface area contributed by atoms with Crippen molar-refractivity contribution < 1.29 is 9.59 Å². The largest absolute Gasteiger partial charge is 0.336 e. The maximum Gasteiger partial charge on any atom is 0.324 e. The highest BCUT2D eigenvalue weighted by Gasteiger charge is 2.42. The minimum Gasteiger partial charge on any atom is -0.336 e. The van der Waals surface area contributed by atoms with E-state index < -0.39 is 0 Å². The lowest BCUT2D eigenvalue weighted by Crippen LogP contribution is -2.47. The number of aryl methyl sites for hydroxylation is 1. The van der Waals surface area contributed by atoms with Crippen LogP contribution in [0, 0.1) is 12.8 Å².